The Hall–Kier alpha value is -4.21. The van der Waals surface area contributed by atoms with Gasteiger partial charge in [-0.1, -0.05) is 41.4 Å². The molecular formula is C24H20Cl2N6O3. The van der Waals surface area contributed by atoms with Gasteiger partial charge in [-0.3, -0.25) is 15.6 Å². The van der Waals surface area contributed by atoms with E-state index >= 15 is 0 Å². The number of nitrogen functional groups attached to an aromatic ring is 1. The zero-order chi connectivity index (χ0) is 24.6. The van der Waals surface area contributed by atoms with Crippen molar-refractivity contribution in [3.05, 3.63) is 89.2 Å². The third kappa shape index (κ3) is 6.66. The van der Waals surface area contributed by atoms with Gasteiger partial charge in [0.05, 0.1) is 5.02 Å². The Morgan fingerprint density at radius 1 is 0.914 bits per heavy atom. The summed E-state index contributed by atoms with van der Waals surface area (Å²) in [6.45, 7) is -0.290. The van der Waals surface area contributed by atoms with Crippen molar-refractivity contribution >= 4 is 52.1 Å². The van der Waals surface area contributed by atoms with Gasteiger partial charge >= 0.3 is 0 Å². The molecule has 0 bridgehead atoms. The van der Waals surface area contributed by atoms with Gasteiger partial charge in [0, 0.05) is 10.7 Å². The lowest BCUT2D eigenvalue weighted by Crippen LogP contribution is -2.34. The van der Waals surface area contributed by atoms with Gasteiger partial charge in [0.1, 0.15) is 29.3 Å². The number of aromatic nitrogens is 2. The SMILES string of the molecule is Nc1c(NNC(=O)COc2ccc(Cl)cc2Cl)ncnc1Nc1ccc(Oc2ccccc2)cc1. The molecule has 9 nitrogen and oxygen atoms in total. The third-order valence-corrected chi connectivity index (χ3v) is 5.08. The quantitative estimate of drug-likeness (QED) is 0.220. The van der Waals surface area contributed by atoms with E-state index in [2.05, 4.69) is 26.1 Å². The van der Waals surface area contributed by atoms with Crippen LogP contribution >= 0.6 is 23.2 Å². The van der Waals surface area contributed by atoms with Crippen molar-refractivity contribution in [2.45, 2.75) is 0 Å². The van der Waals surface area contributed by atoms with Gasteiger partial charge in [0.2, 0.25) is 0 Å². The number of carbonyl (C=O) groups is 1. The molecule has 0 spiro atoms. The molecular weight excluding hydrogens is 491 g/mol. The molecule has 4 rings (SSSR count). The highest BCUT2D eigenvalue weighted by Gasteiger charge is 2.11. The number of nitrogens with two attached hydrogens (primary N) is 1. The second-order valence-corrected chi connectivity index (χ2v) is 7.93. The highest BCUT2D eigenvalue weighted by molar-refractivity contribution is 6.35. The van der Waals surface area contributed by atoms with Crippen molar-refractivity contribution in [2.24, 2.45) is 0 Å². The van der Waals surface area contributed by atoms with E-state index < -0.39 is 5.91 Å². The molecule has 1 heterocycles. The second kappa shape index (κ2) is 11.3. The lowest BCUT2D eigenvalue weighted by atomic mass is 10.3. The fraction of sp³-hybridized carbons (Fsp3) is 0.0417. The summed E-state index contributed by atoms with van der Waals surface area (Å²) in [4.78, 5) is 20.4. The van der Waals surface area contributed by atoms with Gasteiger partial charge in [-0.15, -0.1) is 0 Å². The van der Waals surface area contributed by atoms with Crippen molar-refractivity contribution in [3.8, 4) is 17.2 Å². The van der Waals surface area contributed by atoms with Crippen LogP contribution in [0, 0.1) is 0 Å². The maximum Gasteiger partial charge on any atom is 0.276 e. The van der Waals surface area contributed by atoms with Crippen LogP contribution in [-0.4, -0.2) is 22.5 Å². The Morgan fingerprint density at radius 2 is 1.63 bits per heavy atom. The first-order chi connectivity index (χ1) is 17.0. The van der Waals surface area contributed by atoms with Crippen LogP contribution in [0.2, 0.25) is 10.0 Å². The molecule has 1 amide bonds. The van der Waals surface area contributed by atoms with Gasteiger partial charge in [-0.05, 0) is 54.6 Å². The average Bonchev–Trinajstić information content (AvgIpc) is 2.86. The zero-order valence-electron chi connectivity index (χ0n) is 18.2. The number of halogens is 2. The molecule has 3 aromatic carbocycles. The average molecular weight is 511 g/mol. The number of hydrogen-bond acceptors (Lipinski definition) is 8. The topological polar surface area (TPSA) is 123 Å². The van der Waals surface area contributed by atoms with E-state index in [9.17, 15) is 4.79 Å². The summed E-state index contributed by atoms with van der Waals surface area (Å²) in [5.74, 6) is 1.86. The predicted molar refractivity (Wildman–Crippen MR) is 136 cm³/mol. The smallest absolute Gasteiger partial charge is 0.276 e. The number of anilines is 4. The molecule has 0 saturated heterocycles. The number of hydrazine groups is 1. The highest BCUT2D eigenvalue weighted by atomic mass is 35.5. The van der Waals surface area contributed by atoms with Crippen LogP contribution in [0.3, 0.4) is 0 Å². The molecule has 0 aliphatic carbocycles. The van der Waals surface area contributed by atoms with Crippen molar-refractivity contribution in [2.75, 3.05) is 23.1 Å². The molecule has 0 unspecified atom stereocenters. The van der Waals surface area contributed by atoms with E-state index in [1.807, 2.05) is 54.6 Å². The van der Waals surface area contributed by atoms with E-state index in [-0.39, 0.29) is 18.1 Å². The van der Waals surface area contributed by atoms with Crippen molar-refractivity contribution in [3.63, 3.8) is 0 Å². The Bertz CT molecular complexity index is 1310. The normalized spacial score (nSPS) is 10.3. The number of ether oxygens (including phenoxy) is 2. The molecule has 0 saturated carbocycles. The summed E-state index contributed by atoms with van der Waals surface area (Å²) in [7, 11) is 0. The fourth-order valence-electron chi connectivity index (χ4n) is 2.86. The minimum absolute atomic E-state index is 0.207. The fourth-order valence-corrected chi connectivity index (χ4v) is 3.33. The Kier molecular flexibility index (Phi) is 7.71. The van der Waals surface area contributed by atoms with E-state index in [0.717, 1.165) is 11.4 Å². The Morgan fingerprint density at radius 3 is 2.37 bits per heavy atom. The van der Waals surface area contributed by atoms with Gasteiger partial charge < -0.3 is 20.5 Å². The Labute approximate surface area is 211 Å². The van der Waals surface area contributed by atoms with Gasteiger partial charge in [0.25, 0.3) is 5.91 Å². The minimum Gasteiger partial charge on any atom is -0.482 e. The van der Waals surface area contributed by atoms with Crippen LogP contribution < -0.4 is 31.4 Å². The van der Waals surface area contributed by atoms with Crippen LogP contribution in [0.4, 0.5) is 23.0 Å². The molecule has 35 heavy (non-hydrogen) atoms. The lowest BCUT2D eigenvalue weighted by Gasteiger charge is -2.14. The van der Waals surface area contributed by atoms with Crippen molar-refractivity contribution in [1.29, 1.82) is 0 Å². The lowest BCUT2D eigenvalue weighted by molar-refractivity contribution is -0.122. The molecule has 0 fully saturated rings. The summed E-state index contributed by atoms with van der Waals surface area (Å²) in [5.41, 5.74) is 12.2. The number of amides is 1. The molecule has 4 aromatic rings. The van der Waals surface area contributed by atoms with E-state index in [1.54, 1.807) is 12.1 Å². The molecule has 0 aliphatic rings. The first kappa shape index (κ1) is 23.9. The van der Waals surface area contributed by atoms with Crippen LogP contribution in [0.25, 0.3) is 0 Å². The van der Waals surface area contributed by atoms with Crippen LogP contribution in [0.5, 0.6) is 17.2 Å². The van der Waals surface area contributed by atoms with Crippen LogP contribution in [-0.2, 0) is 4.79 Å². The zero-order valence-corrected chi connectivity index (χ0v) is 19.7. The maximum atomic E-state index is 12.1. The summed E-state index contributed by atoms with van der Waals surface area (Å²) in [6, 6.07) is 21.5. The minimum atomic E-state index is -0.474. The van der Waals surface area contributed by atoms with Crippen LogP contribution in [0.15, 0.2) is 79.1 Å². The largest absolute Gasteiger partial charge is 0.482 e. The van der Waals surface area contributed by atoms with Gasteiger partial charge in [-0.25, -0.2) is 9.97 Å². The highest BCUT2D eigenvalue weighted by Crippen LogP contribution is 2.29. The molecule has 5 N–H and O–H groups in total. The molecule has 1 aromatic heterocycles. The number of nitrogens with zero attached hydrogens (tertiary/aromatic N) is 2. The van der Waals surface area contributed by atoms with E-state index in [1.165, 1.54) is 12.4 Å². The Balaban J connectivity index is 1.32. The van der Waals surface area contributed by atoms with Crippen LogP contribution in [0.1, 0.15) is 0 Å². The predicted octanol–water partition coefficient (Wildman–Crippen LogP) is 5.42. The number of para-hydroxylation sites is 1. The molecule has 0 aliphatic heterocycles. The summed E-state index contributed by atoms with van der Waals surface area (Å²) in [5, 5.41) is 3.88. The second-order valence-electron chi connectivity index (χ2n) is 7.09. The van der Waals surface area contributed by atoms with E-state index in [4.69, 9.17) is 38.4 Å². The standard InChI is InChI=1S/C24H20Cl2N6O3/c25-15-6-11-20(19(26)12-15)34-13-21(33)31-32-24-22(27)23(28-14-29-24)30-16-7-9-18(10-8-16)35-17-4-2-1-3-5-17/h1-12,14H,13,27H2,(H,31,33)(H2,28,29,30,32). The number of hydrogen-bond donors (Lipinski definition) is 4. The van der Waals surface area contributed by atoms with Crippen molar-refractivity contribution in [1.82, 2.24) is 15.4 Å². The van der Waals surface area contributed by atoms with Gasteiger partial charge in [-0.2, -0.15) is 0 Å². The first-order valence-electron chi connectivity index (χ1n) is 10.3. The first-order valence-corrected chi connectivity index (χ1v) is 11.1. The van der Waals surface area contributed by atoms with E-state index in [0.29, 0.717) is 27.4 Å². The molecule has 0 radical (unpaired) electrons. The van der Waals surface area contributed by atoms with Crippen molar-refractivity contribution < 1.29 is 14.3 Å². The van der Waals surface area contributed by atoms with Gasteiger partial charge in [0.15, 0.2) is 18.2 Å². The molecule has 11 heteroatoms. The maximum absolute atomic E-state index is 12.1. The number of benzene rings is 3. The molecule has 178 valence electrons. The number of rotatable bonds is 9. The molecule has 0 atom stereocenters. The summed E-state index contributed by atoms with van der Waals surface area (Å²) >= 11 is 11.9. The third-order valence-electron chi connectivity index (χ3n) is 4.55. The monoisotopic (exact) mass is 510 g/mol. The number of nitrogens with one attached hydrogen (secondary N) is 3. The summed E-state index contributed by atoms with van der Waals surface area (Å²) in [6.07, 6.45) is 1.31. The number of carbonyl (C=O) groups excluding carboxylic acids is 1. The summed E-state index contributed by atoms with van der Waals surface area (Å²) < 4.78 is 11.2.